The summed E-state index contributed by atoms with van der Waals surface area (Å²) in [4.78, 5) is 38.8. The highest BCUT2D eigenvalue weighted by Crippen LogP contribution is 2.44. The minimum Gasteiger partial charge on any atom is -0.458 e. The maximum Gasteiger partial charge on any atom is 0.407 e. The van der Waals surface area contributed by atoms with Crippen LogP contribution >= 0.6 is 0 Å². The molecular formula is C29H38N2O6. The number of carbonyl (C=O) groups is 3. The van der Waals surface area contributed by atoms with E-state index in [-0.39, 0.29) is 18.4 Å². The molecule has 1 aliphatic carbocycles. The number of carbonyl (C=O) groups excluding carboxylic acids is 3. The summed E-state index contributed by atoms with van der Waals surface area (Å²) in [6, 6.07) is 13.7. The minimum atomic E-state index is -1.22. The van der Waals surface area contributed by atoms with Crippen LogP contribution in [0.5, 0.6) is 0 Å². The van der Waals surface area contributed by atoms with Crippen molar-refractivity contribution in [2.24, 2.45) is 11.8 Å². The van der Waals surface area contributed by atoms with Crippen LogP contribution in [0.4, 0.5) is 4.79 Å². The molecule has 0 saturated heterocycles. The third-order valence-electron chi connectivity index (χ3n) is 6.32. The zero-order valence-electron chi connectivity index (χ0n) is 22.6. The van der Waals surface area contributed by atoms with E-state index in [1.54, 1.807) is 48.5 Å². The SMILES string of the molecule is CC(C)C(NC(=O)OCC1c2ccccc2-c2ccccc21)C(=O)N(O)C(C(=O)OC(C)(C)C)C(C)C. The highest BCUT2D eigenvalue weighted by atomic mass is 16.6. The average Bonchev–Trinajstić information content (AvgIpc) is 3.13. The maximum atomic E-state index is 13.2. The Morgan fingerprint density at radius 2 is 1.43 bits per heavy atom. The molecule has 0 radical (unpaired) electrons. The number of amides is 2. The highest BCUT2D eigenvalue weighted by molar-refractivity contribution is 5.89. The van der Waals surface area contributed by atoms with Crippen LogP contribution in [-0.4, -0.2) is 52.5 Å². The lowest BCUT2D eigenvalue weighted by molar-refractivity contribution is -0.199. The van der Waals surface area contributed by atoms with Crippen molar-refractivity contribution in [3.05, 3.63) is 59.7 Å². The molecular weight excluding hydrogens is 472 g/mol. The van der Waals surface area contributed by atoms with E-state index in [0.29, 0.717) is 5.06 Å². The second kappa shape index (κ2) is 11.3. The van der Waals surface area contributed by atoms with Crippen LogP contribution in [0.25, 0.3) is 11.1 Å². The molecule has 2 unspecified atom stereocenters. The number of hydrogen-bond donors (Lipinski definition) is 2. The Morgan fingerprint density at radius 1 is 0.919 bits per heavy atom. The summed E-state index contributed by atoms with van der Waals surface area (Å²) in [7, 11) is 0. The van der Waals surface area contributed by atoms with Gasteiger partial charge in [-0.1, -0.05) is 76.2 Å². The summed E-state index contributed by atoms with van der Waals surface area (Å²) in [5.41, 5.74) is 3.59. The molecule has 2 N–H and O–H groups in total. The number of nitrogens with one attached hydrogen (secondary N) is 1. The van der Waals surface area contributed by atoms with Gasteiger partial charge in [0.2, 0.25) is 0 Å². The lowest BCUT2D eigenvalue weighted by atomic mass is 9.98. The first-order chi connectivity index (χ1) is 17.3. The van der Waals surface area contributed by atoms with Crippen LogP contribution in [0.15, 0.2) is 48.5 Å². The highest BCUT2D eigenvalue weighted by Gasteiger charge is 2.39. The van der Waals surface area contributed by atoms with E-state index < -0.39 is 41.6 Å². The summed E-state index contributed by atoms with van der Waals surface area (Å²) in [5, 5.41) is 13.7. The van der Waals surface area contributed by atoms with E-state index >= 15 is 0 Å². The largest absolute Gasteiger partial charge is 0.458 e. The molecule has 3 rings (SSSR count). The number of fused-ring (bicyclic) bond motifs is 3. The molecule has 0 fully saturated rings. The Bertz CT molecular complexity index is 1090. The van der Waals surface area contributed by atoms with E-state index in [9.17, 15) is 19.6 Å². The van der Waals surface area contributed by atoms with Crippen molar-refractivity contribution < 1.29 is 29.1 Å². The lowest BCUT2D eigenvalue weighted by Crippen LogP contribution is -2.56. The van der Waals surface area contributed by atoms with Crippen molar-refractivity contribution >= 4 is 18.0 Å². The third kappa shape index (κ3) is 6.49. The normalized spacial score (nSPS) is 14.5. The van der Waals surface area contributed by atoms with Gasteiger partial charge in [-0.3, -0.25) is 10.0 Å². The van der Waals surface area contributed by atoms with E-state index in [4.69, 9.17) is 9.47 Å². The van der Waals surface area contributed by atoms with Crippen LogP contribution < -0.4 is 5.32 Å². The van der Waals surface area contributed by atoms with Crippen LogP contribution in [0.2, 0.25) is 0 Å². The van der Waals surface area contributed by atoms with Gasteiger partial charge in [0.1, 0.15) is 18.2 Å². The van der Waals surface area contributed by atoms with Gasteiger partial charge in [-0.15, -0.1) is 0 Å². The minimum absolute atomic E-state index is 0.0915. The molecule has 8 heteroatoms. The van der Waals surface area contributed by atoms with Crippen molar-refractivity contribution in [1.29, 1.82) is 0 Å². The van der Waals surface area contributed by atoms with E-state index in [1.165, 1.54) is 0 Å². The van der Waals surface area contributed by atoms with E-state index in [1.807, 2.05) is 48.5 Å². The Labute approximate surface area is 218 Å². The maximum absolute atomic E-state index is 13.2. The van der Waals surface area contributed by atoms with Gasteiger partial charge >= 0.3 is 12.1 Å². The second-order valence-electron chi connectivity index (χ2n) is 11.1. The first kappa shape index (κ1) is 28.2. The molecule has 37 heavy (non-hydrogen) atoms. The van der Waals surface area contributed by atoms with E-state index in [2.05, 4.69) is 5.32 Å². The Morgan fingerprint density at radius 3 is 1.89 bits per heavy atom. The fourth-order valence-corrected chi connectivity index (χ4v) is 4.58. The summed E-state index contributed by atoms with van der Waals surface area (Å²) in [5.74, 6) is -2.46. The number of nitrogens with zero attached hydrogens (tertiary/aromatic N) is 1. The predicted octanol–water partition coefficient (Wildman–Crippen LogP) is 5.13. The quantitative estimate of drug-likeness (QED) is 0.290. The van der Waals surface area contributed by atoms with Gasteiger partial charge < -0.3 is 14.8 Å². The molecule has 1 aliphatic rings. The Kier molecular flexibility index (Phi) is 8.64. The molecule has 2 aromatic carbocycles. The molecule has 0 saturated carbocycles. The van der Waals surface area contributed by atoms with Crippen LogP contribution in [-0.2, 0) is 19.1 Å². The number of benzene rings is 2. The van der Waals surface area contributed by atoms with Crippen molar-refractivity contribution in [3.63, 3.8) is 0 Å². The number of hydrogen-bond acceptors (Lipinski definition) is 6. The summed E-state index contributed by atoms with van der Waals surface area (Å²) < 4.78 is 11.0. The lowest BCUT2D eigenvalue weighted by Gasteiger charge is -2.33. The molecule has 0 spiro atoms. The molecule has 8 nitrogen and oxygen atoms in total. The van der Waals surface area contributed by atoms with Crippen molar-refractivity contribution in [3.8, 4) is 11.1 Å². The molecule has 2 aromatic rings. The summed E-state index contributed by atoms with van der Waals surface area (Å²) in [6.45, 7) is 12.1. The van der Waals surface area contributed by atoms with Crippen molar-refractivity contribution in [1.82, 2.24) is 10.4 Å². The fourth-order valence-electron chi connectivity index (χ4n) is 4.58. The standard InChI is InChI=1S/C29H38N2O6/c1-17(2)24(26(32)31(35)25(18(3)4)27(33)37-29(5,6)7)30-28(34)36-16-23-21-14-10-8-12-19(21)20-13-9-11-15-22(20)23/h8-15,17-18,23-25,35H,16H2,1-7H3,(H,30,34). The van der Waals surface area contributed by atoms with Gasteiger partial charge in [0.25, 0.3) is 5.91 Å². The second-order valence-corrected chi connectivity index (χ2v) is 11.1. The number of ether oxygens (including phenoxy) is 2. The molecule has 0 aliphatic heterocycles. The Balaban J connectivity index is 1.70. The monoisotopic (exact) mass is 510 g/mol. The number of esters is 1. The smallest absolute Gasteiger partial charge is 0.407 e. The van der Waals surface area contributed by atoms with Gasteiger partial charge in [0, 0.05) is 5.92 Å². The zero-order valence-corrected chi connectivity index (χ0v) is 22.6. The summed E-state index contributed by atoms with van der Waals surface area (Å²) in [6.07, 6.45) is -0.777. The molecule has 0 aromatic heterocycles. The van der Waals surface area contributed by atoms with Gasteiger partial charge in [-0.25, -0.2) is 14.7 Å². The van der Waals surface area contributed by atoms with E-state index in [0.717, 1.165) is 22.3 Å². The van der Waals surface area contributed by atoms with Crippen LogP contribution in [0.1, 0.15) is 65.5 Å². The first-order valence-electron chi connectivity index (χ1n) is 12.7. The number of hydroxylamine groups is 2. The number of alkyl carbamates (subject to hydrolysis) is 1. The average molecular weight is 511 g/mol. The topological polar surface area (TPSA) is 105 Å². The Hall–Kier alpha value is -3.39. The van der Waals surface area contributed by atoms with Crippen LogP contribution in [0, 0.1) is 11.8 Å². The fraction of sp³-hybridized carbons (Fsp3) is 0.483. The van der Waals surface area contributed by atoms with Gasteiger partial charge in [0.05, 0.1) is 0 Å². The predicted molar refractivity (Wildman–Crippen MR) is 140 cm³/mol. The molecule has 0 bridgehead atoms. The zero-order chi connectivity index (χ0) is 27.5. The van der Waals surface area contributed by atoms with Gasteiger partial charge in [-0.2, -0.15) is 0 Å². The number of rotatable bonds is 8. The van der Waals surface area contributed by atoms with Crippen LogP contribution in [0.3, 0.4) is 0 Å². The van der Waals surface area contributed by atoms with Gasteiger partial charge in [-0.05, 0) is 54.9 Å². The van der Waals surface area contributed by atoms with Crippen molar-refractivity contribution in [2.45, 2.75) is 72.1 Å². The molecule has 2 amide bonds. The molecule has 200 valence electrons. The molecule has 0 heterocycles. The van der Waals surface area contributed by atoms with Gasteiger partial charge in [0.15, 0.2) is 6.04 Å². The summed E-state index contributed by atoms with van der Waals surface area (Å²) >= 11 is 0. The first-order valence-corrected chi connectivity index (χ1v) is 12.7. The third-order valence-corrected chi connectivity index (χ3v) is 6.32. The van der Waals surface area contributed by atoms with Crippen molar-refractivity contribution in [2.75, 3.05) is 6.61 Å². The molecule has 2 atom stereocenters.